The van der Waals surface area contributed by atoms with Crippen molar-refractivity contribution in [2.45, 2.75) is 71.1 Å². The molecule has 3 aliphatic heterocycles. The van der Waals surface area contributed by atoms with Gasteiger partial charge in [0.05, 0.1) is 0 Å². The molecule has 3 saturated heterocycles. The SMILES string of the molecule is CC(C)N1CC2CCC(C1)N2CC1C2CN(C(C)(C)C)CC12. The fourth-order valence-electron chi connectivity index (χ4n) is 5.45. The molecule has 4 aliphatic rings. The first-order chi connectivity index (χ1) is 10.3. The average molecular weight is 306 g/mol. The summed E-state index contributed by atoms with van der Waals surface area (Å²) < 4.78 is 0. The number of piperidine rings is 1. The van der Waals surface area contributed by atoms with Crippen molar-refractivity contribution in [3.63, 3.8) is 0 Å². The van der Waals surface area contributed by atoms with Crippen LogP contribution in [0, 0.1) is 17.8 Å². The van der Waals surface area contributed by atoms with Crippen molar-refractivity contribution < 1.29 is 0 Å². The van der Waals surface area contributed by atoms with Crippen LogP contribution in [0.15, 0.2) is 0 Å². The first-order valence-corrected chi connectivity index (χ1v) is 9.59. The summed E-state index contributed by atoms with van der Waals surface area (Å²) in [6.45, 7) is 18.6. The molecule has 4 atom stereocenters. The summed E-state index contributed by atoms with van der Waals surface area (Å²) in [6.07, 6.45) is 2.90. The van der Waals surface area contributed by atoms with Gasteiger partial charge in [0.1, 0.15) is 0 Å². The quantitative estimate of drug-likeness (QED) is 0.793. The van der Waals surface area contributed by atoms with Gasteiger partial charge >= 0.3 is 0 Å². The van der Waals surface area contributed by atoms with Gasteiger partial charge in [-0.1, -0.05) is 0 Å². The Morgan fingerprint density at radius 3 is 1.91 bits per heavy atom. The maximum atomic E-state index is 2.92. The van der Waals surface area contributed by atoms with E-state index in [4.69, 9.17) is 0 Å². The molecule has 4 unspecified atom stereocenters. The van der Waals surface area contributed by atoms with E-state index in [9.17, 15) is 0 Å². The molecule has 0 N–H and O–H groups in total. The number of nitrogens with zero attached hydrogens (tertiary/aromatic N) is 3. The maximum Gasteiger partial charge on any atom is 0.0227 e. The molecular formula is C19H35N3. The maximum absolute atomic E-state index is 2.92. The summed E-state index contributed by atoms with van der Waals surface area (Å²) >= 11 is 0. The highest BCUT2D eigenvalue weighted by molar-refractivity contribution is 5.10. The Balaban J connectivity index is 1.32. The van der Waals surface area contributed by atoms with Crippen LogP contribution < -0.4 is 0 Å². The number of fused-ring (bicyclic) bond motifs is 3. The molecule has 1 aliphatic carbocycles. The molecule has 22 heavy (non-hydrogen) atoms. The van der Waals surface area contributed by atoms with Crippen LogP contribution >= 0.6 is 0 Å². The monoisotopic (exact) mass is 305 g/mol. The Hall–Kier alpha value is -0.120. The number of rotatable bonds is 3. The first kappa shape index (κ1) is 15.4. The molecule has 0 spiro atoms. The van der Waals surface area contributed by atoms with Crippen LogP contribution in [-0.4, -0.2) is 71.1 Å². The highest BCUT2D eigenvalue weighted by Crippen LogP contribution is 2.54. The molecule has 3 nitrogen and oxygen atoms in total. The Bertz CT molecular complexity index is 401. The highest BCUT2D eigenvalue weighted by Gasteiger charge is 2.58. The third-order valence-electron chi connectivity index (χ3n) is 7.13. The van der Waals surface area contributed by atoms with Crippen LogP contribution in [0.2, 0.25) is 0 Å². The zero-order valence-electron chi connectivity index (χ0n) is 15.3. The summed E-state index contributed by atoms with van der Waals surface area (Å²) in [7, 11) is 0. The average Bonchev–Trinajstić information content (AvgIpc) is 2.74. The van der Waals surface area contributed by atoms with Crippen LogP contribution in [0.25, 0.3) is 0 Å². The molecule has 4 fully saturated rings. The molecule has 4 rings (SSSR count). The standard InChI is InChI=1S/C19H35N3/c1-13(2)20-8-14-6-7-15(9-20)22(14)12-18-16-10-21(11-17(16)18)19(3,4)5/h13-18H,6-12H2,1-5H3. The van der Waals surface area contributed by atoms with Crippen LogP contribution in [0.1, 0.15) is 47.5 Å². The second kappa shape index (κ2) is 5.19. The van der Waals surface area contributed by atoms with Crippen LogP contribution in [0.4, 0.5) is 0 Å². The van der Waals surface area contributed by atoms with Gasteiger partial charge in [0.2, 0.25) is 0 Å². The van der Waals surface area contributed by atoms with E-state index in [0.717, 1.165) is 35.9 Å². The van der Waals surface area contributed by atoms with Gasteiger partial charge in [0.15, 0.2) is 0 Å². The molecule has 0 radical (unpaired) electrons. The molecule has 1 saturated carbocycles. The van der Waals surface area contributed by atoms with Crippen molar-refractivity contribution in [2.24, 2.45) is 17.8 Å². The molecule has 0 aromatic rings. The summed E-state index contributed by atoms with van der Waals surface area (Å²) in [6, 6.07) is 2.45. The minimum Gasteiger partial charge on any atom is -0.298 e. The predicted octanol–water partition coefficient (Wildman–Crippen LogP) is 2.52. The van der Waals surface area contributed by atoms with Crippen molar-refractivity contribution in [1.82, 2.24) is 14.7 Å². The van der Waals surface area contributed by atoms with E-state index < -0.39 is 0 Å². The minimum absolute atomic E-state index is 0.375. The van der Waals surface area contributed by atoms with Crippen LogP contribution in [0.3, 0.4) is 0 Å². The molecule has 0 amide bonds. The predicted molar refractivity (Wildman–Crippen MR) is 92.0 cm³/mol. The van der Waals surface area contributed by atoms with Crippen molar-refractivity contribution >= 4 is 0 Å². The van der Waals surface area contributed by atoms with E-state index in [2.05, 4.69) is 49.3 Å². The molecule has 2 bridgehead atoms. The first-order valence-electron chi connectivity index (χ1n) is 9.59. The molecule has 0 aromatic heterocycles. The smallest absolute Gasteiger partial charge is 0.0227 e. The lowest BCUT2D eigenvalue weighted by Crippen LogP contribution is -2.56. The molecule has 3 heterocycles. The van der Waals surface area contributed by atoms with Gasteiger partial charge in [-0.05, 0) is 65.2 Å². The Morgan fingerprint density at radius 1 is 0.909 bits per heavy atom. The highest BCUT2D eigenvalue weighted by atomic mass is 15.3. The Morgan fingerprint density at radius 2 is 1.45 bits per heavy atom. The molecular weight excluding hydrogens is 270 g/mol. The van der Waals surface area contributed by atoms with E-state index >= 15 is 0 Å². The lowest BCUT2D eigenvalue weighted by atomic mass is 10.0. The van der Waals surface area contributed by atoms with E-state index in [1.165, 1.54) is 45.6 Å². The molecule has 0 aromatic carbocycles. The summed E-state index contributed by atoms with van der Waals surface area (Å²) in [5, 5.41) is 0. The fourth-order valence-corrected chi connectivity index (χ4v) is 5.45. The van der Waals surface area contributed by atoms with Crippen LogP contribution in [-0.2, 0) is 0 Å². The zero-order valence-corrected chi connectivity index (χ0v) is 15.3. The van der Waals surface area contributed by atoms with Gasteiger partial charge in [-0.2, -0.15) is 0 Å². The molecule has 126 valence electrons. The largest absolute Gasteiger partial charge is 0.298 e. The number of likely N-dealkylation sites (tertiary alicyclic amines) is 2. The minimum atomic E-state index is 0.375. The van der Waals surface area contributed by atoms with E-state index in [-0.39, 0.29) is 0 Å². The topological polar surface area (TPSA) is 9.72 Å². The lowest BCUT2D eigenvalue weighted by molar-refractivity contribution is 0.0408. The van der Waals surface area contributed by atoms with Crippen molar-refractivity contribution in [1.29, 1.82) is 0 Å². The van der Waals surface area contributed by atoms with Gasteiger partial charge in [0.25, 0.3) is 0 Å². The van der Waals surface area contributed by atoms with E-state index in [0.29, 0.717) is 5.54 Å². The zero-order chi connectivity index (χ0) is 15.6. The fraction of sp³-hybridized carbons (Fsp3) is 1.00. The van der Waals surface area contributed by atoms with Crippen molar-refractivity contribution in [2.75, 3.05) is 32.7 Å². The second-order valence-corrected chi connectivity index (χ2v) is 9.70. The van der Waals surface area contributed by atoms with Crippen LogP contribution in [0.5, 0.6) is 0 Å². The van der Waals surface area contributed by atoms with Gasteiger partial charge in [-0.3, -0.25) is 14.7 Å². The normalized spacial score (nSPS) is 43.1. The van der Waals surface area contributed by atoms with Crippen molar-refractivity contribution in [3.05, 3.63) is 0 Å². The number of hydrogen-bond donors (Lipinski definition) is 0. The van der Waals surface area contributed by atoms with E-state index in [1.807, 2.05) is 0 Å². The Labute approximate surface area is 137 Å². The van der Waals surface area contributed by atoms with E-state index in [1.54, 1.807) is 0 Å². The summed E-state index contributed by atoms with van der Waals surface area (Å²) in [5.74, 6) is 3.05. The number of hydrogen-bond acceptors (Lipinski definition) is 3. The lowest BCUT2D eigenvalue weighted by Gasteiger charge is -2.43. The third kappa shape index (κ3) is 2.53. The van der Waals surface area contributed by atoms with Gasteiger partial charge in [-0.15, -0.1) is 0 Å². The van der Waals surface area contributed by atoms with Gasteiger partial charge in [-0.25, -0.2) is 0 Å². The Kier molecular flexibility index (Phi) is 3.63. The molecule has 3 heteroatoms. The van der Waals surface area contributed by atoms with Gasteiger partial charge in [0, 0.05) is 56.4 Å². The summed E-state index contributed by atoms with van der Waals surface area (Å²) in [5.41, 5.74) is 0.375. The second-order valence-electron chi connectivity index (χ2n) is 9.70. The number of piperazine rings is 1. The van der Waals surface area contributed by atoms with Gasteiger partial charge < -0.3 is 0 Å². The third-order valence-corrected chi connectivity index (χ3v) is 7.13. The van der Waals surface area contributed by atoms with Crippen molar-refractivity contribution in [3.8, 4) is 0 Å². The summed E-state index contributed by atoms with van der Waals surface area (Å²) in [4.78, 5) is 8.35.